The molecule has 1 aromatic carbocycles. The van der Waals surface area contributed by atoms with E-state index >= 15 is 0 Å². The summed E-state index contributed by atoms with van der Waals surface area (Å²) in [6.45, 7) is 7.47. The van der Waals surface area contributed by atoms with Gasteiger partial charge >= 0.3 is 0 Å². The van der Waals surface area contributed by atoms with Gasteiger partial charge in [0.1, 0.15) is 6.54 Å². The fourth-order valence-electron chi connectivity index (χ4n) is 2.67. The molecule has 0 radical (unpaired) electrons. The van der Waals surface area contributed by atoms with E-state index in [-0.39, 0.29) is 12.5 Å². The van der Waals surface area contributed by atoms with Crippen molar-refractivity contribution in [1.29, 1.82) is 0 Å². The molecule has 130 valence electrons. The van der Waals surface area contributed by atoms with E-state index < -0.39 is 0 Å². The lowest BCUT2D eigenvalue weighted by atomic mass is 10.00. The fraction of sp³-hybridized carbons (Fsp3) is 0.474. The number of aliphatic imine (C=N–C) groups is 1. The van der Waals surface area contributed by atoms with Gasteiger partial charge in [0.25, 0.3) is 0 Å². The van der Waals surface area contributed by atoms with Crippen LogP contribution in [-0.2, 0) is 4.79 Å². The molecule has 1 amide bonds. The van der Waals surface area contributed by atoms with Crippen LogP contribution in [0.15, 0.2) is 41.4 Å². The summed E-state index contributed by atoms with van der Waals surface area (Å²) in [5.74, 6) is 0.789. The van der Waals surface area contributed by atoms with E-state index in [2.05, 4.69) is 50.9 Å². The van der Waals surface area contributed by atoms with Gasteiger partial charge in [0, 0.05) is 26.2 Å². The molecule has 2 N–H and O–H groups in total. The summed E-state index contributed by atoms with van der Waals surface area (Å²) in [7, 11) is 0. The highest BCUT2D eigenvalue weighted by molar-refractivity contribution is 5.85. The zero-order valence-electron chi connectivity index (χ0n) is 14.7. The first kappa shape index (κ1) is 18.0. The second-order valence-corrected chi connectivity index (χ2v) is 5.81. The molecular formula is C19H28N4O. The van der Waals surface area contributed by atoms with E-state index in [1.54, 1.807) is 0 Å². The number of rotatable bonds is 6. The van der Waals surface area contributed by atoms with E-state index in [0.29, 0.717) is 6.54 Å². The highest BCUT2D eigenvalue weighted by atomic mass is 16.1. The van der Waals surface area contributed by atoms with Gasteiger partial charge in [0.05, 0.1) is 0 Å². The van der Waals surface area contributed by atoms with Crippen LogP contribution in [-0.4, -0.2) is 49.5 Å². The molecule has 0 saturated carbocycles. The SMILES string of the molecule is CCCNC(=O)CN=C(NCC)N1CC=C(c2ccccc2)CC1. The predicted octanol–water partition coefficient (Wildman–Crippen LogP) is 2.27. The second-order valence-electron chi connectivity index (χ2n) is 5.81. The van der Waals surface area contributed by atoms with Gasteiger partial charge in [-0.1, -0.05) is 43.3 Å². The third kappa shape index (κ3) is 5.41. The molecule has 0 aromatic heterocycles. The summed E-state index contributed by atoms with van der Waals surface area (Å²) >= 11 is 0. The Morgan fingerprint density at radius 3 is 2.62 bits per heavy atom. The van der Waals surface area contributed by atoms with Gasteiger partial charge in [0.15, 0.2) is 5.96 Å². The van der Waals surface area contributed by atoms with Crippen molar-refractivity contribution in [2.75, 3.05) is 32.7 Å². The van der Waals surface area contributed by atoms with Gasteiger partial charge in [-0.15, -0.1) is 0 Å². The zero-order chi connectivity index (χ0) is 17.2. The number of benzene rings is 1. The predicted molar refractivity (Wildman–Crippen MR) is 99.9 cm³/mol. The van der Waals surface area contributed by atoms with Gasteiger partial charge < -0.3 is 15.5 Å². The third-order valence-corrected chi connectivity index (χ3v) is 3.93. The van der Waals surface area contributed by atoms with Gasteiger partial charge in [-0.25, -0.2) is 4.99 Å². The van der Waals surface area contributed by atoms with Crippen molar-refractivity contribution in [2.24, 2.45) is 4.99 Å². The van der Waals surface area contributed by atoms with Crippen LogP contribution in [0.1, 0.15) is 32.3 Å². The molecular weight excluding hydrogens is 300 g/mol. The minimum Gasteiger partial charge on any atom is -0.356 e. The topological polar surface area (TPSA) is 56.7 Å². The van der Waals surface area contributed by atoms with Crippen LogP contribution in [0, 0.1) is 0 Å². The maximum Gasteiger partial charge on any atom is 0.241 e. The van der Waals surface area contributed by atoms with Crippen molar-refractivity contribution in [2.45, 2.75) is 26.7 Å². The standard InChI is InChI=1S/C19H28N4O/c1-3-12-21-18(24)15-22-19(20-4-2)23-13-10-17(11-14-23)16-8-6-5-7-9-16/h5-10H,3-4,11-15H2,1-2H3,(H,20,22)(H,21,24). The number of nitrogens with one attached hydrogen (secondary N) is 2. The van der Waals surface area contributed by atoms with E-state index in [1.807, 2.05) is 19.9 Å². The van der Waals surface area contributed by atoms with Crippen molar-refractivity contribution < 1.29 is 4.79 Å². The average Bonchev–Trinajstić information content (AvgIpc) is 2.64. The molecule has 1 aromatic rings. The molecule has 2 rings (SSSR count). The van der Waals surface area contributed by atoms with Crippen LogP contribution in [0.2, 0.25) is 0 Å². The Kier molecular flexibility index (Phi) is 7.33. The molecule has 1 heterocycles. The van der Waals surface area contributed by atoms with Gasteiger partial charge in [-0.3, -0.25) is 4.79 Å². The van der Waals surface area contributed by atoms with Crippen LogP contribution < -0.4 is 10.6 Å². The van der Waals surface area contributed by atoms with Crippen LogP contribution in [0.25, 0.3) is 5.57 Å². The minimum atomic E-state index is -0.0234. The number of carbonyl (C=O) groups is 1. The van der Waals surface area contributed by atoms with Crippen LogP contribution in [0.5, 0.6) is 0 Å². The monoisotopic (exact) mass is 328 g/mol. The first-order valence-corrected chi connectivity index (χ1v) is 8.79. The number of carbonyl (C=O) groups excluding carboxylic acids is 1. The minimum absolute atomic E-state index is 0.0234. The van der Waals surface area contributed by atoms with E-state index in [4.69, 9.17) is 0 Å². The molecule has 0 fully saturated rings. The Balaban J connectivity index is 1.97. The fourth-order valence-corrected chi connectivity index (χ4v) is 2.67. The van der Waals surface area contributed by atoms with Crippen molar-refractivity contribution in [3.8, 4) is 0 Å². The van der Waals surface area contributed by atoms with Gasteiger partial charge in [-0.2, -0.15) is 0 Å². The van der Waals surface area contributed by atoms with Gasteiger partial charge in [0.2, 0.25) is 5.91 Å². The highest BCUT2D eigenvalue weighted by Gasteiger charge is 2.16. The molecule has 0 saturated heterocycles. The van der Waals surface area contributed by atoms with E-state index in [9.17, 15) is 4.79 Å². The number of guanidine groups is 1. The number of hydrogen-bond donors (Lipinski definition) is 2. The van der Waals surface area contributed by atoms with Crippen molar-refractivity contribution in [3.63, 3.8) is 0 Å². The summed E-state index contributed by atoms with van der Waals surface area (Å²) < 4.78 is 0. The smallest absolute Gasteiger partial charge is 0.241 e. The van der Waals surface area contributed by atoms with Crippen molar-refractivity contribution in [1.82, 2.24) is 15.5 Å². The van der Waals surface area contributed by atoms with Gasteiger partial charge in [-0.05, 0) is 30.9 Å². The lowest BCUT2D eigenvalue weighted by molar-refractivity contribution is -0.119. The lowest BCUT2D eigenvalue weighted by Gasteiger charge is -2.29. The molecule has 1 aliphatic heterocycles. The Bertz CT molecular complexity index is 580. The maximum absolute atomic E-state index is 11.8. The molecule has 0 atom stereocenters. The molecule has 5 nitrogen and oxygen atoms in total. The Labute approximate surface area is 144 Å². The van der Waals surface area contributed by atoms with Crippen LogP contribution in [0.4, 0.5) is 0 Å². The molecule has 0 bridgehead atoms. The number of nitrogens with zero attached hydrogens (tertiary/aromatic N) is 2. The Hall–Kier alpha value is -2.30. The Morgan fingerprint density at radius 1 is 1.21 bits per heavy atom. The van der Waals surface area contributed by atoms with E-state index in [0.717, 1.165) is 38.4 Å². The van der Waals surface area contributed by atoms with Crippen molar-refractivity contribution >= 4 is 17.4 Å². The quantitative estimate of drug-likeness (QED) is 0.622. The van der Waals surface area contributed by atoms with Crippen LogP contribution >= 0.6 is 0 Å². The molecule has 24 heavy (non-hydrogen) atoms. The first-order chi connectivity index (χ1) is 11.7. The summed E-state index contributed by atoms with van der Waals surface area (Å²) in [5, 5.41) is 6.14. The molecule has 0 unspecified atom stereocenters. The molecule has 1 aliphatic rings. The van der Waals surface area contributed by atoms with Crippen molar-refractivity contribution in [3.05, 3.63) is 42.0 Å². The van der Waals surface area contributed by atoms with Crippen LogP contribution in [0.3, 0.4) is 0 Å². The summed E-state index contributed by atoms with van der Waals surface area (Å²) in [6, 6.07) is 10.5. The number of amides is 1. The first-order valence-electron chi connectivity index (χ1n) is 8.79. The Morgan fingerprint density at radius 2 is 2.00 bits per heavy atom. The third-order valence-electron chi connectivity index (χ3n) is 3.93. The van der Waals surface area contributed by atoms with E-state index in [1.165, 1.54) is 11.1 Å². The summed E-state index contributed by atoms with van der Waals surface area (Å²) in [5.41, 5.74) is 2.67. The average molecular weight is 328 g/mol. The molecule has 0 aliphatic carbocycles. The summed E-state index contributed by atoms with van der Waals surface area (Å²) in [6.07, 6.45) is 4.17. The maximum atomic E-state index is 11.8. The zero-order valence-corrected chi connectivity index (χ0v) is 14.7. The second kappa shape index (κ2) is 9.75. The summed E-state index contributed by atoms with van der Waals surface area (Å²) in [4.78, 5) is 18.4. The normalized spacial score (nSPS) is 15.0. The molecule has 0 spiro atoms. The largest absolute Gasteiger partial charge is 0.356 e. The number of hydrogen-bond acceptors (Lipinski definition) is 2. The highest BCUT2D eigenvalue weighted by Crippen LogP contribution is 2.21. The molecule has 5 heteroatoms. The lowest BCUT2D eigenvalue weighted by Crippen LogP contribution is -2.44.